The maximum atomic E-state index is 5.79. The average molecular weight is 167 g/mol. The minimum absolute atomic E-state index is 0.327. The molecular weight excluding hydrogens is 150 g/mol. The summed E-state index contributed by atoms with van der Waals surface area (Å²) in [5.74, 6) is 0. The summed E-state index contributed by atoms with van der Waals surface area (Å²) in [5, 5.41) is 0. The number of imidazole rings is 1. The number of aryl methyl sites for hydroxylation is 2. The molecule has 1 rings (SSSR count). The van der Waals surface area contributed by atoms with E-state index >= 15 is 0 Å². The first-order chi connectivity index (χ1) is 5.72. The van der Waals surface area contributed by atoms with Gasteiger partial charge in [-0.2, -0.15) is 0 Å². The second kappa shape index (κ2) is 4.26. The highest BCUT2D eigenvalue weighted by Crippen LogP contribution is 1.99. The van der Waals surface area contributed by atoms with Crippen LogP contribution < -0.4 is 5.73 Å². The molecule has 1 aromatic heterocycles. The van der Waals surface area contributed by atoms with Crippen molar-refractivity contribution < 1.29 is 0 Å². The molecule has 0 radical (unpaired) electrons. The Labute approximate surface area is 73.6 Å². The van der Waals surface area contributed by atoms with Crippen molar-refractivity contribution in [3.05, 3.63) is 18.2 Å². The molecule has 0 aliphatic rings. The highest BCUT2D eigenvalue weighted by Gasteiger charge is 1.99. The predicted octanol–water partition coefficient (Wildman–Crippen LogP) is 1.32. The van der Waals surface area contributed by atoms with E-state index < -0.39 is 0 Å². The van der Waals surface area contributed by atoms with Crippen molar-refractivity contribution >= 4 is 0 Å². The summed E-state index contributed by atoms with van der Waals surface area (Å²) >= 11 is 0. The largest absolute Gasteiger partial charge is 0.337 e. The molecule has 1 heterocycles. The molecule has 1 atom stereocenters. The van der Waals surface area contributed by atoms with Gasteiger partial charge in [0.1, 0.15) is 0 Å². The molecule has 0 aliphatic carbocycles. The minimum Gasteiger partial charge on any atom is -0.337 e. The fraction of sp³-hybridized carbons (Fsp3) is 0.667. The molecule has 3 heteroatoms. The average Bonchev–Trinajstić information content (AvgIpc) is 2.47. The summed E-state index contributed by atoms with van der Waals surface area (Å²) < 4.78 is 2.09. The Kier molecular flexibility index (Phi) is 3.29. The molecule has 1 aromatic rings. The Balaban J connectivity index is 2.33. The van der Waals surface area contributed by atoms with Crippen LogP contribution in [0.25, 0.3) is 0 Å². The fourth-order valence-corrected chi connectivity index (χ4v) is 1.11. The van der Waals surface area contributed by atoms with Gasteiger partial charge < -0.3 is 10.3 Å². The van der Waals surface area contributed by atoms with Crippen molar-refractivity contribution in [2.75, 3.05) is 0 Å². The summed E-state index contributed by atoms with van der Waals surface area (Å²) in [5.41, 5.74) is 6.86. The van der Waals surface area contributed by atoms with Gasteiger partial charge in [0.2, 0.25) is 0 Å². The van der Waals surface area contributed by atoms with Crippen molar-refractivity contribution in [3.8, 4) is 0 Å². The smallest absolute Gasteiger partial charge is 0.0949 e. The third-order valence-corrected chi connectivity index (χ3v) is 2.04. The van der Waals surface area contributed by atoms with Crippen LogP contribution in [0.4, 0.5) is 0 Å². The standard InChI is InChI=1S/C9H17N3/c1-3-9(10)4-5-12-6-8(2)11-7-12/h6-7,9H,3-5,10H2,1-2H3. The van der Waals surface area contributed by atoms with E-state index in [2.05, 4.69) is 16.5 Å². The van der Waals surface area contributed by atoms with Gasteiger partial charge >= 0.3 is 0 Å². The Morgan fingerprint density at radius 3 is 2.92 bits per heavy atom. The summed E-state index contributed by atoms with van der Waals surface area (Å²) in [7, 11) is 0. The quantitative estimate of drug-likeness (QED) is 0.735. The van der Waals surface area contributed by atoms with Crippen molar-refractivity contribution in [3.63, 3.8) is 0 Å². The summed E-state index contributed by atoms with van der Waals surface area (Å²) in [6.07, 6.45) is 5.99. The highest BCUT2D eigenvalue weighted by molar-refractivity contribution is 4.92. The van der Waals surface area contributed by atoms with Gasteiger partial charge in [0.05, 0.1) is 12.0 Å². The molecule has 12 heavy (non-hydrogen) atoms. The highest BCUT2D eigenvalue weighted by atomic mass is 15.0. The molecule has 0 aromatic carbocycles. The van der Waals surface area contributed by atoms with E-state index in [0.29, 0.717) is 6.04 Å². The zero-order valence-electron chi connectivity index (χ0n) is 7.83. The predicted molar refractivity (Wildman–Crippen MR) is 49.8 cm³/mol. The molecule has 0 bridgehead atoms. The first-order valence-corrected chi connectivity index (χ1v) is 4.46. The summed E-state index contributed by atoms with van der Waals surface area (Å²) in [6.45, 7) is 5.09. The van der Waals surface area contributed by atoms with Crippen LogP contribution in [0, 0.1) is 6.92 Å². The lowest BCUT2D eigenvalue weighted by molar-refractivity contribution is 0.530. The van der Waals surface area contributed by atoms with Gasteiger partial charge in [0, 0.05) is 18.8 Å². The molecule has 3 nitrogen and oxygen atoms in total. The number of hydrogen-bond acceptors (Lipinski definition) is 2. The summed E-state index contributed by atoms with van der Waals surface area (Å²) in [6, 6.07) is 0.327. The van der Waals surface area contributed by atoms with Gasteiger partial charge in [-0.1, -0.05) is 6.92 Å². The number of nitrogens with zero attached hydrogens (tertiary/aromatic N) is 2. The SMILES string of the molecule is CCC(N)CCn1cnc(C)c1. The second-order valence-electron chi connectivity index (χ2n) is 3.21. The van der Waals surface area contributed by atoms with Crippen LogP contribution in [0.15, 0.2) is 12.5 Å². The van der Waals surface area contributed by atoms with Gasteiger partial charge in [-0.3, -0.25) is 0 Å². The first-order valence-electron chi connectivity index (χ1n) is 4.46. The van der Waals surface area contributed by atoms with Gasteiger partial charge in [-0.25, -0.2) is 4.98 Å². The maximum absolute atomic E-state index is 5.79. The van der Waals surface area contributed by atoms with E-state index in [-0.39, 0.29) is 0 Å². The fourth-order valence-electron chi connectivity index (χ4n) is 1.11. The topological polar surface area (TPSA) is 43.8 Å². The molecular formula is C9H17N3. The Hall–Kier alpha value is -0.830. The molecule has 0 saturated heterocycles. The van der Waals surface area contributed by atoms with E-state index in [4.69, 9.17) is 5.73 Å². The van der Waals surface area contributed by atoms with Crippen molar-refractivity contribution in [2.45, 2.75) is 39.3 Å². The monoisotopic (exact) mass is 167 g/mol. The normalized spacial score (nSPS) is 13.2. The van der Waals surface area contributed by atoms with Gasteiger partial charge in [-0.05, 0) is 19.8 Å². The van der Waals surface area contributed by atoms with Crippen molar-refractivity contribution in [1.82, 2.24) is 9.55 Å². The molecule has 0 amide bonds. The first kappa shape index (κ1) is 9.26. The minimum atomic E-state index is 0.327. The van der Waals surface area contributed by atoms with Crippen LogP contribution in [-0.4, -0.2) is 15.6 Å². The Morgan fingerprint density at radius 1 is 1.67 bits per heavy atom. The Morgan fingerprint density at radius 2 is 2.42 bits per heavy atom. The third-order valence-electron chi connectivity index (χ3n) is 2.04. The van der Waals surface area contributed by atoms with Crippen LogP contribution in [0.5, 0.6) is 0 Å². The van der Waals surface area contributed by atoms with E-state index in [1.807, 2.05) is 19.4 Å². The zero-order chi connectivity index (χ0) is 8.97. The van der Waals surface area contributed by atoms with E-state index in [1.54, 1.807) is 0 Å². The maximum Gasteiger partial charge on any atom is 0.0949 e. The third kappa shape index (κ3) is 2.66. The lowest BCUT2D eigenvalue weighted by Crippen LogP contribution is -2.20. The molecule has 2 N–H and O–H groups in total. The number of rotatable bonds is 4. The van der Waals surface area contributed by atoms with Crippen LogP contribution >= 0.6 is 0 Å². The van der Waals surface area contributed by atoms with E-state index in [1.165, 1.54) is 0 Å². The second-order valence-corrected chi connectivity index (χ2v) is 3.21. The molecule has 0 aliphatic heterocycles. The lowest BCUT2D eigenvalue weighted by Gasteiger charge is -2.07. The van der Waals surface area contributed by atoms with E-state index in [9.17, 15) is 0 Å². The van der Waals surface area contributed by atoms with Gasteiger partial charge in [0.25, 0.3) is 0 Å². The molecule has 0 saturated carbocycles. The summed E-state index contributed by atoms with van der Waals surface area (Å²) in [4.78, 5) is 4.14. The van der Waals surface area contributed by atoms with Gasteiger partial charge in [-0.15, -0.1) is 0 Å². The van der Waals surface area contributed by atoms with Gasteiger partial charge in [0.15, 0.2) is 0 Å². The van der Waals surface area contributed by atoms with E-state index in [0.717, 1.165) is 25.1 Å². The van der Waals surface area contributed by atoms with Crippen LogP contribution in [-0.2, 0) is 6.54 Å². The van der Waals surface area contributed by atoms with Crippen LogP contribution in [0.3, 0.4) is 0 Å². The van der Waals surface area contributed by atoms with Crippen LogP contribution in [0.1, 0.15) is 25.5 Å². The number of hydrogen-bond donors (Lipinski definition) is 1. The number of nitrogens with two attached hydrogens (primary N) is 1. The molecule has 1 unspecified atom stereocenters. The number of aromatic nitrogens is 2. The van der Waals surface area contributed by atoms with Crippen molar-refractivity contribution in [2.24, 2.45) is 5.73 Å². The molecule has 68 valence electrons. The zero-order valence-corrected chi connectivity index (χ0v) is 7.83. The van der Waals surface area contributed by atoms with Crippen molar-refractivity contribution in [1.29, 1.82) is 0 Å². The lowest BCUT2D eigenvalue weighted by atomic mass is 10.2. The molecule has 0 spiro atoms. The Bertz CT molecular complexity index is 229. The molecule has 0 fully saturated rings. The van der Waals surface area contributed by atoms with Crippen LogP contribution in [0.2, 0.25) is 0 Å².